The Morgan fingerprint density at radius 2 is 1.67 bits per heavy atom. The number of nitrogens with one attached hydrogen (secondary N) is 1. The molecule has 0 atom stereocenters. The SMILES string of the molecule is CC(C)(N)CC(=O)NC(C)(C)CC(=O)O. The lowest BCUT2D eigenvalue weighted by Crippen LogP contribution is -2.48. The van der Waals surface area contributed by atoms with Crippen molar-refractivity contribution >= 4 is 11.9 Å². The van der Waals surface area contributed by atoms with Crippen LogP contribution in [-0.2, 0) is 9.59 Å². The zero-order valence-corrected chi connectivity index (χ0v) is 9.76. The summed E-state index contributed by atoms with van der Waals surface area (Å²) in [7, 11) is 0. The van der Waals surface area contributed by atoms with Gasteiger partial charge in [-0.05, 0) is 27.7 Å². The highest BCUT2D eigenvalue weighted by atomic mass is 16.4. The summed E-state index contributed by atoms with van der Waals surface area (Å²) < 4.78 is 0. The van der Waals surface area contributed by atoms with Crippen molar-refractivity contribution in [1.29, 1.82) is 0 Å². The molecule has 0 radical (unpaired) electrons. The average Bonchev–Trinajstić information content (AvgIpc) is 1.73. The Hall–Kier alpha value is -1.10. The predicted octanol–water partition coefficient (Wildman–Crippen LogP) is 0.483. The number of hydrogen-bond donors (Lipinski definition) is 3. The van der Waals surface area contributed by atoms with Gasteiger partial charge in [0, 0.05) is 17.5 Å². The molecule has 0 rings (SSSR count). The van der Waals surface area contributed by atoms with Crippen LogP contribution >= 0.6 is 0 Å². The van der Waals surface area contributed by atoms with Crippen LogP contribution in [0.3, 0.4) is 0 Å². The lowest BCUT2D eigenvalue weighted by Gasteiger charge is -2.26. The molecule has 0 aliphatic carbocycles. The molecule has 88 valence electrons. The number of nitrogens with two attached hydrogens (primary N) is 1. The molecule has 1 amide bonds. The number of hydrogen-bond acceptors (Lipinski definition) is 3. The van der Waals surface area contributed by atoms with Crippen LogP contribution in [0.2, 0.25) is 0 Å². The van der Waals surface area contributed by atoms with Gasteiger partial charge in [0.1, 0.15) is 0 Å². The summed E-state index contributed by atoms with van der Waals surface area (Å²) in [5, 5.41) is 11.3. The van der Waals surface area contributed by atoms with Crippen molar-refractivity contribution in [3.63, 3.8) is 0 Å². The lowest BCUT2D eigenvalue weighted by atomic mass is 9.97. The molecule has 5 nitrogen and oxygen atoms in total. The summed E-state index contributed by atoms with van der Waals surface area (Å²) in [6.45, 7) is 6.83. The topological polar surface area (TPSA) is 92.4 Å². The maximum Gasteiger partial charge on any atom is 0.305 e. The Morgan fingerprint density at radius 3 is 2.00 bits per heavy atom. The number of carbonyl (C=O) groups is 2. The van der Waals surface area contributed by atoms with Crippen LogP contribution in [0.4, 0.5) is 0 Å². The summed E-state index contributed by atoms with van der Waals surface area (Å²) in [6.07, 6.45) is 0.0692. The smallest absolute Gasteiger partial charge is 0.305 e. The number of carboxylic acid groups (broad SMARTS) is 1. The second-order valence-electron chi connectivity index (χ2n) is 5.17. The largest absolute Gasteiger partial charge is 0.481 e. The highest BCUT2D eigenvalue weighted by molar-refractivity contribution is 5.79. The van der Waals surface area contributed by atoms with E-state index >= 15 is 0 Å². The highest BCUT2D eigenvalue weighted by Crippen LogP contribution is 2.10. The number of amides is 1. The van der Waals surface area contributed by atoms with Crippen LogP contribution in [0.25, 0.3) is 0 Å². The Labute approximate surface area is 90.0 Å². The number of rotatable bonds is 5. The summed E-state index contributed by atoms with van der Waals surface area (Å²) >= 11 is 0. The normalized spacial score (nSPS) is 12.3. The molecular weight excluding hydrogens is 196 g/mol. The first kappa shape index (κ1) is 13.9. The van der Waals surface area contributed by atoms with Gasteiger partial charge < -0.3 is 16.2 Å². The number of carbonyl (C=O) groups excluding carboxylic acids is 1. The monoisotopic (exact) mass is 216 g/mol. The quantitative estimate of drug-likeness (QED) is 0.623. The Kier molecular flexibility index (Phi) is 4.27. The van der Waals surface area contributed by atoms with Crippen molar-refractivity contribution in [2.24, 2.45) is 5.73 Å². The molecule has 0 saturated heterocycles. The van der Waals surface area contributed by atoms with Crippen LogP contribution in [-0.4, -0.2) is 28.1 Å². The van der Waals surface area contributed by atoms with E-state index in [1.165, 1.54) is 0 Å². The zero-order valence-electron chi connectivity index (χ0n) is 9.76. The molecule has 0 unspecified atom stereocenters. The minimum atomic E-state index is -0.938. The first-order valence-electron chi connectivity index (χ1n) is 4.83. The molecule has 4 N–H and O–H groups in total. The van der Waals surface area contributed by atoms with Gasteiger partial charge in [0.05, 0.1) is 6.42 Å². The third kappa shape index (κ3) is 7.93. The maximum atomic E-state index is 11.5. The minimum Gasteiger partial charge on any atom is -0.481 e. The van der Waals surface area contributed by atoms with Gasteiger partial charge in [0.15, 0.2) is 0 Å². The van der Waals surface area contributed by atoms with E-state index < -0.39 is 17.0 Å². The van der Waals surface area contributed by atoms with E-state index in [4.69, 9.17) is 10.8 Å². The van der Waals surface area contributed by atoms with Crippen LogP contribution in [0, 0.1) is 0 Å². The lowest BCUT2D eigenvalue weighted by molar-refractivity contribution is -0.138. The zero-order chi connectivity index (χ0) is 12.3. The van der Waals surface area contributed by atoms with Gasteiger partial charge in [-0.25, -0.2) is 0 Å². The van der Waals surface area contributed by atoms with E-state index in [0.29, 0.717) is 0 Å². The third-order valence-electron chi connectivity index (χ3n) is 1.69. The Morgan fingerprint density at radius 1 is 1.20 bits per heavy atom. The minimum absolute atomic E-state index is 0.107. The Bertz CT molecular complexity index is 254. The number of carboxylic acids is 1. The molecule has 0 aliphatic heterocycles. The third-order valence-corrected chi connectivity index (χ3v) is 1.69. The van der Waals surface area contributed by atoms with E-state index in [-0.39, 0.29) is 18.7 Å². The first-order chi connectivity index (χ1) is 6.52. The molecule has 0 spiro atoms. The molecule has 0 aromatic rings. The second kappa shape index (κ2) is 4.61. The van der Waals surface area contributed by atoms with E-state index in [0.717, 1.165) is 0 Å². The van der Waals surface area contributed by atoms with Crippen LogP contribution in [0.1, 0.15) is 40.5 Å². The second-order valence-corrected chi connectivity index (χ2v) is 5.17. The van der Waals surface area contributed by atoms with E-state index in [1.54, 1.807) is 27.7 Å². The summed E-state index contributed by atoms with van der Waals surface area (Å²) in [4.78, 5) is 22.0. The molecule has 0 bridgehead atoms. The van der Waals surface area contributed by atoms with Crippen molar-refractivity contribution in [1.82, 2.24) is 5.32 Å². The molecule has 15 heavy (non-hydrogen) atoms. The van der Waals surface area contributed by atoms with Gasteiger partial charge in [-0.15, -0.1) is 0 Å². The van der Waals surface area contributed by atoms with Crippen LogP contribution in [0.5, 0.6) is 0 Å². The van der Waals surface area contributed by atoms with Crippen molar-refractivity contribution < 1.29 is 14.7 Å². The highest BCUT2D eigenvalue weighted by Gasteiger charge is 2.26. The van der Waals surface area contributed by atoms with E-state index in [9.17, 15) is 9.59 Å². The van der Waals surface area contributed by atoms with Crippen molar-refractivity contribution in [2.45, 2.75) is 51.6 Å². The molecule has 5 heteroatoms. The van der Waals surface area contributed by atoms with E-state index in [2.05, 4.69) is 5.32 Å². The van der Waals surface area contributed by atoms with Gasteiger partial charge in [-0.1, -0.05) is 0 Å². The molecule has 0 aromatic carbocycles. The average molecular weight is 216 g/mol. The number of aliphatic carboxylic acids is 1. The summed E-state index contributed by atoms with van der Waals surface area (Å²) in [5.41, 5.74) is 4.36. The summed E-state index contributed by atoms with van der Waals surface area (Å²) in [6, 6.07) is 0. The molecule has 0 aromatic heterocycles. The fourth-order valence-corrected chi connectivity index (χ4v) is 1.26. The molecule has 0 aliphatic rings. The van der Waals surface area contributed by atoms with E-state index in [1.807, 2.05) is 0 Å². The van der Waals surface area contributed by atoms with Crippen molar-refractivity contribution in [3.8, 4) is 0 Å². The predicted molar refractivity (Wildman–Crippen MR) is 57.4 cm³/mol. The fraction of sp³-hybridized carbons (Fsp3) is 0.800. The van der Waals surface area contributed by atoms with Gasteiger partial charge in [-0.2, -0.15) is 0 Å². The summed E-state index contributed by atoms with van der Waals surface area (Å²) in [5.74, 6) is -1.17. The van der Waals surface area contributed by atoms with Gasteiger partial charge in [0.25, 0.3) is 0 Å². The molecule has 0 heterocycles. The molecule has 0 fully saturated rings. The van der Waals surface area contributed by atoms with Crippen LogP contribution < -0.4 is 11.1 Å². The first-order valence-corrected chi connectivity index (χ1v) is 4.83. The maximum absolute atomic E-state index is 11.5. The van der Waals surface area contributed by atoms with Gasteiger partial charge >= 0.3 is 5.97 Å². The molecular formula is C10H20N2O3. The fourth-order valence-electron chi connectivity index (χ4n) is 1.26. The van der Waals surface area contributed by atoms with Gasteiger partial charge in [0.2, 0.25) is 5.91 Å². The Balaban J connectivity index is 4.22. The van der Waals surface area contributed by atoms with Gasteiger partial charge in [-0.3, -0.25) is 9.59 Å². The molecule has 0 saturated carbocycles. The van der Waals surface area contributed by atoms with Crippen molar-refractivity contribution in [2.75, 3.05) is 0 Å². The standard InChI is InChI=1S/C10H20N2O3/c1-9(2,11)5-7(13)12-10(3,4)6-8(14)15/h5-6,11H2,1-4H3,(H,12,13)(H,14,15). The van der Waals surface area contributed by atoms with Crippen molar-refractivity contribution in [3.05, 3.63) is 0 Å². The van der Waals surface area contributed by atoms with Crippen LogP contribution in [0.15, 0.2) is 0 Å².